The van der Waals surface area contributed by atoms with E-state index in [2.05, 4.69) is 15.1 Å². The van der Waals surface area contributed by atoms with Crippen LogP contribution in [0.3, 0.4) is 0 Å². The zero-order valence-corrected chi connectivity index (χ0v) is 16.7. The average molecular weight is 418 g/mol. The molecule has 31 heavy (non-hydrogen) atoms. The summed E-state index contributed by atoms with van der Waals surface area (Å²) in [6.07, 6.45) is 2.31. The van der Waals surface area contributed by atoms with Crippen molar-refractivity contribution in [3.05, 3.63) is 89.5 Å². The number of halogens is 1. The number of hydrogen-bond donors (Lipinski definition) is 1. The Kier molecular flexibility index (Phi) is 4.74. The molecule has 156 valence electrons. The fourth-order valence-corrected chi connectivity index (χ4v) is 3.89. The first kappa shape index (κ1) is 19.0. The zero-order chi connectivity index (χ0) is 21.4. The number of nitrogens with one attached hydrogen (secondary N) is 1. The van der Waals surface area contributed by atoms with Crippen LogP contribution in [0.2, 0.25) is 0 Å². The molecule has 0 saturated carbocycles. The summed E-state index contributed by atoms with van der Waals surface area (Å²) >= 11 is 0. The number of fused-ring (bicyclic) bond motifs is 1. The number of aromatic amines is 1. The summed E-state index contributed by atoms with van der Waals surface area (Å²) in [5.41, 5.74) is 3.88. The third-order valence-electron chi connectivity index (χ3n) is 5.48. The molecule has 7 nitrogen and oxygen atoms in total. The number of ether oxygens (including phenoxy) is 1. The van der Waals surface area contributed by atoms with Crippen molar-refractivity contribution < 1.29 is 18.4 Å². The molecule has 0 bridgehead atoms. The van der Waals surface area contributed by atoms with Crippen LogP contribution >= 0.6 is 0 Å². The van der Waals surface area contributed by atoms with Crippen molar-refractivity contribution in [3.8, 4) is 17.0 Å². The van der Waals surface area contributed by atoms with Gasteiger partial charge in [0, 0.05) is 30.3 Å². The van der Waals surface area contributed by atoms with Crippen molar-refractivity contribution in [2.75, 3.05) is 13.7 Å². The van der Waals surface area contributed by atoms with Crippen LogP contribution in [0.4, 0.5) is 4.39 Å². The van der Waals surface area contributed by atoms with Crippen molar-refractivity contribution in [1.82, 2.24) is 20.0 Å². The van der Waals surface area contributed by atoms with E-state index in [-0.39, 0.29) is 23.5 Å². The van der Waals surface area contributed by atoms with Crippen LogP contribution in [0.5, 0.6) is 5.75 Å². The first-order valence-corrected chi connectivity index (χ1v) is 9.84. The normalized spacial score (nSPS) is 15.5. The van der Waals surface area contributed by atoms with E-state index in [4.69, 9.17) is 9.26 Å². The number of amides is 1. The molecule has 0 unspecified atom stereocenters. The molecule has 1 amide bonds. The minimum atomic E-state index is -0.368. The van der Waals surface area contributed by atoms with Gasteiger partial charge in [-0.15, -0.1) is 0 Å². The van der Waals surface area contributed by atoms with Crippen LogP contribution in [0, 0.1) is 5.82 Å². The Hall–Kier alpha value is -3.94. The maximum atomic E-state index is 13.4. The van der Waals surface area contributed by atoms with E-state index in [1.807, 2.05) is 24.3 Å². The zero-order valence-electron chi connectivity index (χ0n) is 16.7. The Bertz CT molecular complexity index is 1210. The number of carbonyl (C=O) groups is 1. The number of imidazole rings is 1. The van der Waals surface area contributed by atoms with Crippen molar-refractivity contribution in [3.63, 3.8) is 0 Å². The Morgan fingerprint density at radius 1 is 1.19 bits per heavy atom. The second-order valence-corrected chi connectivity index (χ2v) is 7.27. The van der Waals surface area contributed by atoms with Crippen molar-refractivity contribution in [2.24, 2.45) is 0 Å². The molecule has 4 aromatic rings. The third kappa shape index (κ3) is 3.46. The van der Waals surface area contributed by atoms with Gasteiger partial charge in [0.2, 0.25) is 5.76 Å². The maximum absolute atomic E-state index is 13.4. The highest BCUT2D eigenvalue weighted by atomic mass is 19.1. The van der Waals surface area contributed by atoms with E-state index in [1.165, 1.54) is 12.1 Å². The van der Waals surface area contributed by atoms with E-state index in [0.717, 1.165) is 22.7 Å². The maximum Gasteiger partial charge on any atom is 0.293 e. The van der Waals surface area contributed by atoms with Crippen LogP contribution in [0.1, 0.15) is 33.5 Å². The van der Waals surface area contributed by atoms with Crippen LogP contribution in [0.15, 0.2) is 65.4 Å². The number of carbonyl (C=O) groups excluding carboxylic acids is 1. The molecule has 8 heteroatoms. The molecule has 1 atom stereocenters. The van der Waals surface area contributed by atoms with Gasteiger partial charge in [0.05, 0.1) is 19.1 Å². The molecular weight excluding hydrogens is 399 g/mol. The Balaban J connectivity index is 1.49. The molecule has 1 N–H and O–H groups in total. The summed E-state index contributed by atoms with van der Waals surface area (Å²) in [4.78, 5) is 22.8. The highest BCUT2D eigenvalue weighted by Crippen LogP contribution is 2.35. The molecule has 2 aromatic carbocycles. The van der Waals surface area contributed by atoms with E-state index in [0.29, 0.717) is 24.2 Å². The second-order valence-electron chi connectivity index (χ2n) is 7.27. The van der Waals surface area contributed by atoms with Gasteiger partial charge in [-0.05, 0) is 42.0 Å². The first-order chi connectivity index (χ1) is 15.1. The van der Waals surface area contributed by atoms with Gasteiger partial charge in [0.1, 0.15) is 23.3 Å². The molecule has 0 radical (unpaired) electrons. The van der Waals surface area contributed by atoms with E-state index >= 15 is 0 Å². The van der Waals surface area contributed by atoms with Crippen LogP contribution < -0.4 is 4.74 Å². The number of rotatable bonds is 4. The third-order valence-corrected chi connectivity index (χ3v) is 5.48. The monoisotopic (exact) mass is 418 g/mol. The lowest BCUT2D eigenvalue weighted by Crippen LogP contribution is -2.40. The number of methoxy groups -OCH3 is 1. The van der Waals surface area contributed by atoms with Gasteiger partial charge in [-0.1, -0.05) is 17.3 Å². The molecule has 0 fully saturated rings. The van der Waals surface area contributed by atoms with Gasteiger partial charge in [-0.3, -0.25) is 4.79 Å². The SMILES string of the molecule is COc1ccc([C@H]2c3nc[nH]c3CCN2C(=O)c2cc(-c3ccc(F)cc3)no2)cc1. The number of H-pyrrole nitrogens is 1. The Morgan fingerprint density at radius 2 is 1.97 bits per heavy atom. The molecule has 0 spiro atoms. The summed E-state index contributed by atoms with van der Waals surface area (Å²) in [5.74, 6) is 0.236. The molecule has 1 aliphatic rings. The minimum Gasteiger partial charge on any atom is -0.497 e. The Morgan fingerprint density at radius 3 is 2.71 bits per heavy atom. The molecule has 1 aliphatic heterocycles. The topological polar surface area (TPSA) is 84.2 Å². The standard InChI is InChI=1S/C23H19FN4O3/c1-30-17-8-4-15(5-9-17)22-21-18(25-13-26-21)10-11-28(22)23(29)20-12-19(27-31-20)14-2-6-16(24)7-3-14/h2-9,12-13,22H,10-11H2,1H3,(H,25,26)/t22-/m0/s1. The average Bonchev–Trinajstić information content (AvgIpc) is 3.48. The van der Waals surface area contributed by atoms with Gasteiger partial charge in [0.15, 0.2) is 0 Å². The fourth-order valence-electron chi connectivity index (χ4n) is 3.89. The number of hydrogen-bond acceptors (Lipinski definition) is 5. The summed E-state index contributed by atoms with van der Waals surface area (Å²) in [7, 11) is 1.61. The Labute approximate surface area is 177 Å². The van der Waals surface area contributed by atoms with E-state index in [9.17, 15) is 9.18 Å². The summed E-state index contributed by atoms with van der Waals surface area (Å²) < 4.78 is 23.8. The summed E-state index contributed by atoms with van der Waals surface area (Å²) in [5, 5.41) is 4.00. The van der Waals surface area contributed by atoms with Gasteiger partial charge < -0.3 is 19.1 Å². The highest BCUT2D eigenvalue weighted by molar-refractivity contribution is 5.93. The first-order valence-electron chi connectivity index (χ1n) is 9.84. The smallest absolute Gasteiger partial charge is 0.293 e. The predicted octanol–water partition coefficient (Wildman–Crippen LogP) is 4.00. The number of aromatic nitrogens is 3. The molecule has 0 aliphatic carbocycles. The second kappa shape index (κ2) is 7.71. The van der Waals surface area contributed by atoms with Crippen LogP contribution in [-0.4, -0.2) is 39.6 Å². The lowest BCUT2D eigenvalue weighted by atomic mass is 9.95. The molecule has 5 rings (SSSR count). The lowest BCUT2D eigenvalue weighted by Gasteiger charge is -2.34. The van der Waals surface area contributed by atoms with E-state index in [1.54, 1.807) is 36.5 Å². The number of benzene rings is 2. The van der Waals surface area contributed by atoms with Gasteiger partial charge in [-0.25, -0.2) is 9.37 Å². The molecule has 2 aromatic heterocycles. The molecule has 3 heterocycles. The van der Waals surface area contributed by atoms with Gasteiger partial charge >= 0.3 is 0 Å². The molecule has 0 saturated heterocycles. The largest absolute Gasteiger partial charge is 0.497 e. The predicted molar refractivity (Wildman–Crippen MR) is 110 cm³/mol. The summed E-state index contributed by atoms with van der Waals surface area (Å²) in [6.45, 7) is 0.497. The molecular formula is C23H19FN4O3. The van der Waals surface area contributed by atoms with Crippen molar-refractivity contribution in [1.29, 1.82) is 0 Å². The minimum absolute atomic E-state index is 0.122. The lowest BCUT2D eigenvalue weighted by molar-refractivity contribution is 0.0648. The summed E-state index contributed by atoms with van der Waals surface area (Å²) in [6, 6.07) is 14.7. The van der Waals surface area contributed by atoms with E-state index < -0.39 is 0 Å². The van der Waals surface area contributed by atoms with Crippen LogP contribution in [0.25, 0.3) is 11.3 Å². The fraction of sp³-hybridized carbons (Fsp3) is 0.174. The van der Waals surface area contributed by atoms with Crippen molar-refractivity contribution in [2.45, 2.75) is 12.5 Å². The van der Waals surface area contributed by atoms with Gasteiger partial charge in [-0.2, -0.15) is 0 Å². The highest BCUT2D eigenvalue weighted by Gasteiger charge is 2.36. The van der Waals surface area contributed by atoms with Crippen molar-refractivity contribution >= 4 is 5.91 Å². The quantitative estimate of drug-likeness (QED) is 0.542. The number of nitrogens with zero attached hydrogens (tertiary/aromatic N) is 3. The van der Waals surface area contributed by atoms with Crippen LogP contribution in [-0.2, 0) is 6.42 Å². The van der Waals surface area contributed by atoms with Gasteiger partial charge in [0.25, 0.3) is 5.91 Å².